The second-order valence-corrected chi connectivity index (χ2v) is 8.36. The lowest BCUT2D eigenvalue weighted by atomic mass is 10.0. The average Bonchev–Trinajstić information content (AvgIpc) is 3.22. The third-order valence-corrected chi connectivity index (χ3v) is 6.41. The van der Waals surface area contributed by atoms with Gasteiger partial charge in [0.25, 0.3) is 0 Å². The van der Waals surface area contributed by atoms with E-state index in [0.717, 1.165) is 37.1 Å². The van der Waals surface area contributed by atoms with Gasteiger partial charge in [0.05, 0.1) is 5.75 Å². The highest BCUT2D eigenvalue weighted by molar-refractivity contribution is 7.99. The zero-order chi connectivity index (χ0) is 20.9. The molecule has 4 rings (SSSR count). The normalized spacial score (nSPS) is 16.6. The molecule has 3 aromatic rings. The van der Waals surface area contributed by atoms with Gasteiger partial charge in [-0.15, -0.1) is 10.2 Å². The maximum absolute atomic E-state index is 13.5. The van der Waals surface area contributed by atoms with E-state index in [0.29, 0.717) is 22.8 Å². The van der Waals surface area contributed by atoms with Crippen LogP contribution < -0.4 is 0 Å². The van der Waals surface area contributed by atoms with Gasteiger partial charge in [0.15, 0.2) is 11.0 Å². The number of benzene rings is 2. The molecular formula is C23H25FN4OS. The van der Waals surface area contributed by atoms with Crippen LogP contribution in [0.4, 0.5) is 4.39 Å². The molecule has 1 aromatic heterocycles. The van der Waals surface area contributed by atoms with Crippen LogP contribution in [0.1, 0.15) is 32.6 Å². The van der Waals surface area contributed by atoms with Gasteiger partial charge in [-0.1, -0.05) is 49.0 Å². The summed E-state index contributed by atoms with van der Waals surface area (Å²) >= 11 is 1.38. The first-order valence-electron chi connectivity index (χ1n) is 10.4. The molecule has 1 atom stereocenters. The van der Waals surface area contributed by atoms with Crippen LogP contribution in [-0.2, 0) is 4.79 Å². The van der Waals surface area contributed by atoms with E-state index in [4.69, 9.17) is 0 Å². The van der Waals surface area contributed by atoms with E-state index in [2.05, 4.69) is 17.1 Å². The van der Waals surface area contributed by atoms with Crippen molar-refractivity contribution in [2.45, 2.75) is 43.8 Å². The molecule has 0 N–H and O–H groups in total. The fourth-order valence-corrected chi connectivity index (χ4v) is 4.76. The summed E-state index contributed by atoms with van der Waals surface area (Å²) in [4.78, 5) is 14.9. The van der Waals surface area contributed by atoms with Crippen molar-refractivity contribution in [3.8, 4) is 17.1 Å². The van der Waals surface area contributed by atoms with Crippen molar-refractivity contribution in [2.24, 2.45) is 0 Å². The molecule has 0 saturated carbocycles. The lowest BCUT2D eigenvalue weighted by Gasteiger charge is -2.35. The number of likely N-dealkylation sites (tertiary alicyclic amines) is 1. The summed E-state index contributed by atoms with van der Waals surface area (Å²) in [5.74, 6) is 0.821. The van der Waals surface area contributed by atoms with Gasteiger partial charge in [0, 0.05) is 23.8 Å². The monoisotopic (exact) mass is 424 g/mol. The van der Waals surface area contributed by atoms with Crippen molar-refractivity contribution in [1.29, 1.82) is 0 Å². The second kappa shape index (κ2) is 9.43. The predicted molar refractivity (Wildman–Crippen MR) is 117 cm³/mol. The zero-order valence-corrected chi connectivity index (χ0v) is 17.8. The Morgan fingerprint density at radius 1 is 1.10 bits per heavy atom. The number of carbonyl (C=O) groups is 1. The SMILES string of the molecule is CC[C@@H]1CCCCN1C(=O)CSc1nnc(-c2ccccc2)n1-c1ccc(F)cc1. The van der Waals surface area contributed by atoms with Crippen molar-refractivity contribution < 1.29 is 9.18 Å². The molecule has 1 aliphatic rings. The zero-order valence-electron chi connectivity index (χ0n) is 17.0. The fourth-order valence-electron chi connectivity index (χ4n) is 3.92. The summed E-state index contributed by atoms with van der Waals surface area (Å²) < 4.78 is 15.4. The Balaban J connectivity index is 1.61. The van der Waals surface area contributed by atoms with Crippen LogP contribution in [0, 0.1) is 5.82 Å². The van der Waals surface area contributed by atoms with Crippen LogP contribution in [0.15, 0.2) is 59.8 Å². The maximum atomic E-state index is 13.5. The average molecular weight is 425 g/mol. The smallest absolute Gasteiger partial charge is 0.233 e. The number of thioether (sulfide) groups is 1. The lowest BCUT2D eigenvalue weighted by molar-refractivity contribution is -0.132. The number of amides is 1. The van der Waals surface area contributed by atoms with Crippen LogP contribution >= 0.6 is 11.8 Å². The van der Waals surface area contributed by atoms with Gasteiger partial charge in [0.2, 0.25) is 5.91 Å². The van der Waals surface area contributed by atoms with Gasteiger partial charge in [-0.25, -0.2) is 4.39 Å². The van der Waals surface area contributed by atoms with E-state index < -0.39 is 0 Å². The first-order chi connectivity index (χ1) is 14.7. The second-order valence-electron chi connectivity index (χ2n) is 7.42. The molecule has 30 heavy (non-hydrogen) atoms. The first kappa shape index (κ1) is 20.6. The number of piperidine rings is 1. The van der Waals surface area contributed by atoms with Gasteiger partial charge in [-0.3, -0.25) is 9.36 Å². The number of rotatable bonds is 6. The van der Waals surface area contributed by atoms with Gasteiger partial charge in [-0.2, -0.15) is 0 Å². The summed E-state index contributed by atoms with van der Waals surface area (Å²) in [5, 5.41) is 9.36. The van der Waals surface area contributed by atoms with E-state index in [1.165, 1.54) is 30.3 Å². The summed E-state index contributed by atoms with van der Waals surface area (Å²) in [6, 6.07) is 16.3. The first-order valence-corrected chi connectivity index (χ1v) is 11.3. The van der Waals surface area contributed by atoms with Crippen LogP contribution in [0.5, 0.6) is 0 Å². The Labute approximate surface area is 180 Å². The van der Waals surface area contributed by atoms with Crippen LogP contribution in [0.2, 0.25) is 0 Å². The summed E-state index contributed by atoms with van der Waals surface area (Å²) in [5.41, 5.74) is 1.68. The van der Waals surface area contributed by atoms with Crippen molar-refractivity contribution in [1.82, 2.24) is 19.7 Å². The minimum Gasteiger partial charge on any atom is -0.339 e. The highest BCUT2D eigenvalue weighted by Gasteiger charge is 2.26. The third kappa shape index (κ3) is 4.41. The van der Waals surface area contributed by atoms with Gasteiger partial charge >= 0.3 is 0 Å². The molecule has 2 heterocycles. The minimum atomic E-state index is -0.298. The van der Waals surface area contributed by atoms with Gasteiger partial charge in [-0.05, 0) is 49.9 Å². The Bertz CT molecular complexity index is 990. The number of hydrogen-bond acceptors (Lipinski definition) is 4. The summed E-state index contributed by atoms with van der Waals surface area (Å²) in [7, 11) is 0. The van der Waals surface area contributed by atoms with E-state index >= 15 is 0 Å². The minimum absolute atomic E-state index is 0.140. The van der Waals surface area contributed by atoms with Gasteiger partial charge < -0.3 is 4.90 Å². The largest absolute Gasteiger partial charge is 0.339 e. The number of hydrogen-bond donors (Lipinski definition) is 0. The lowest BCUT2D eigenvalue weighted by Crippen LogP contribution is -2.44. The molecule has 1 amide bonds. The molecule has 0 unspecified atom stereocenters. The number of halogens is 1. The maximum Gasteiger partial charge on any atom is 0.233 e. The molecular weight excluding hydrogens is 399 g/mol. The molecule has 7 heteroatoms. The van der Waals surface area contributed by atoms with Gasteiger partial charge in [0.1, 0.15) is 5.82 Å². The molecule has 1 fully saturated rings. The molecule has 0 aliphatic carbocycles. The molecule has 0 radical (unpaired) electrons. The Hall–Kier alpha value is -2.67. The molecule has 5 nitrogen and oxygen atoms in total. The standard InChI is InChI=1S/C23H25FN4OS/c1-2-19-10-6-7-15-27(19)21(29)16-30-23-26-25-22(17-8-4-3-5-9-17)28(23)20-13-11-18(24)12-14-20/h3-5,8-9,11-14,19H,2,6-7,10,15-16H2,1H3/t19-/m1/s1. The Kier molecular flexibility index (Phi) is 6.47. The quantitative estimate of drug-likeness (QED) is 0.525. The summed E-state index contributed by atoms with van der Waals surface area (Å²) in [6.45, 7) is 2.97. The Morgan fingerprint density at radius 3 is 2.60 bits per heavy atom. The highest BCUT2D eigenvalue weighted by Crippen LogP contribution is 2.29. The third-order valence-electron chi connectivity index (χ3n) is 5.49. The van der Waals surface area contributed by atoms with Crippen molar-refractivity contribution in [3.05, 3.63) is 60.4 Å². The molecule has 1 saturated heterocycles. The van der Waals surface area contributed by atoms with E-state index in [9.17, 15) is 9.18 Å². The van der Waals surface area contributed by atoms with E-state index in [1.807, 2.05) is 39.8 Å². The van der Waals surface area contributed by atoms with E-state index in [1.54, 1.807) is 12.1 Å². The highest BCUT2D eigenvalue weighted by atomic mass is 32.2. The van der Waals surface area contributed by atoms with Crippen molar-refractivity contribution in [2.75, 3.05) is 12.3 Å². The van der Waals surface area contributed by atoms with Crippen LogP contribution in [0.25, 0.3) is 17.1 Å². The molecule has 0 spiro atoms. The molecule has 156 valence electrons. The van der Waals surface area contributed by atoms with Crippen molar-refractivity contribution >= 4 is 17.7 Å². The fraction of sp³-hybridized carbons (Fsp3) is 0.348. The van der Waals surface area contributed by atoms with Crippen molar-refractivity contribution in [3.63, 3.8) is 0 Å². The number of aromatic nitrogens is 3. The van der Waals surface area contributed by atoms with Crippen LogP contribution in [-0.4, -0.2) is 43.9 Å². The number of carbonyl (C=O) groups excluding carboxylic acids is 1. The van der Waals surface area contributed by atoms with Crippen LogP contribution in [0.3, 0.4) is 0 Å². The Morgan fingerprint density at radius 2 is 1.87 bits per heavy atom. The molecule has 0 bridgehead atoms. The number of nitrogens with zero attached hydrogens (tertiary/aromatic N) is 4. The predicted octanol–water partition coefficient (Wildman–Crippen LogP) is 4.96. The van der Waals surface area contributed by atoms with E-state index in [-0.39, 0.29) is 11.7 Å². The molecule has 1 aliphatic heterocycles. The topological polar surface area (TPSA) is 51.0 Å². The summed E-state index contributed by atoms with van der Waals surface area (Å²) in [6.07, 6.45) is 4.32. The molecule has 2 aromatic carbocycles.